The van der Waals surface area contributed by atoms with E-state index in [0.717, 1.165) is 11.3 Å². The maximum absolute atomic E-state index is 12.5. The van der Waals surface area contributed by atoms with Crippen molar-refractivity contribution in [1.29, 1.82) is 0 Å². The predicted octanol–water partition coefficient (Wildman–Crippen LogP) is 2.88. The molecule has 9 nitrogen and oxygen atoms in total. The number of aryl methyl sites for hydroxylation is 1. The number of hydrazine groups is 1. The van der Waals surface area contributed by atoms with Gasteiger partial charge in [-0.05, 0) is 48.4 Å². The maximum Gasteiger partial charge on any atom is 0.340 e. The highest BCUT2D eigenvalue weighted by Gasteiger charge is 2.16. The largest absolute Gasteiger partial charge is 0.497 e. The number of para-hydroxylation sites is 1. The summed E-state index contributed by atoms with van der Waals surface area (Å²) in [6.45, 7) is -0.617. The van der Waals surface area contributed by atoms with Crippen molar-refractivity contribution in [2.24, 2.45) is 0 Å². The number of benzene rings is 3. The van der Waals surface area contributed by atoms with Crippen LogP contribution < -0.4 is 20.9 Å². The van der Waals surface area contributed by atoms with Crippen molar-refractivity contribution < 1.29 is 28.7 Å². The van der Waals surface area contributed by atoms with Gasteiger partial charge in [0.05, 0.1) is 18.4 Å². The molecule has 3 rings (SSSR count). The second-order valence-electron chi connectivity index (χ2n) is 7.39. The lowest BCUT2D eigenvalue weighted by Gasteiger charge is -2.11. The van der Waals surface area contributed by atoms with Crippen LogP contribution >= 0.6 is 0 Å². The van der Waals surface area contributed by atoms with Crippen molar-refractivity contribution in [3.05, 3.63) is 95.6 Å². The molecular formula is C26H25N3O6. The van der Waals surface area contributed by atoms with Gasteiger partial charge in [-0.1, -0.05) is 42.5 Å². The number of esters is 1. The lowest BCUT2D eigenvalue weighted by Crippen LogP contribution is -2.43. The minimum atomic E-state index is -0.791. The quantitative estimate of drug-likeness (QED) is 0.323. The van der Waals surface area contributed by atoms with Crippen molar-refractivity contribution in [1.82, 2.24) is 10.9 Å². The minimum Gasteiger partial charge on any atom is -0.497 e. The monoisotopic (exact) mass is 475 g/mol. The molecule has 0 radical (unpaired) electrons. The number of anilines is 1. The summed E-state index contributed by atoms with van der Waals surface area (Å²) in [5.41, 5.74) is 6.13. The SMILES string of the molecule is COc1ccc(CCC(=O)Nc2ccccc2C(=O)OCC(=O)NNC(=O)c2ccccc2)cc1. The molecule has 0 saturated heterocycles. The highest BCUT2D eigenvalue weighted by molar-refractivity contribution is 6.02. The molecule has 0 aromatic heterocycles. The van der Waals surface area contributed by atoms with E-state index in [0.29, 0.717) is 12.0 Å². The molecule has 3 aromatic carbocycles. The first-order valence-electron chi connectivity index (χ1n) is 10.8. The Labute approximate surface area is 202 Å². The van der Waals surface area contributed by atoms with Gasteiger partial charge in [-0.15, -0.1) is 0 Å². The third-order valence-electron chi connectivity index (χ3n) is 4.91. The zero-order valence-corrected chi connectivity index (χ0v) is 19.1. The molecule has 0 saturated carbocycles. The smallest absolute Gasteiger partial charge is 0.340 e. The Morgan fingerprint density at radius 2 is 1.46 bits per heavy atom. The van der Waals surface area contributed by atoms with Crippen LogP contribution in [0.1, 0.15) is 32.7 Å². The fraction of sp³-hybridized carbons (Fsp3) is 0.154. The molecule has 3 N–H and O–H groups in total. The van der Waals surface area contributed by atoms with E-state index in [4.69, 9.17) is 9.47 Å². The number of nitrogens with one attached hydrogen (secondary N) is 3. The van der Waals surface area contributed by atoms with Gasteiger partial charge in [0.2, 0.25) is 5.91 Å². The van der Waals surface area contributed by atoms with E-state index in [9.17, 15) is 19.2 Å². The normalized spacial score (nSPS) is 10.1. The number of methoxy groups -OCH3 is 1. The van der Waals surface area contributed by atoms with Crippen LogP contribution in [0.5, 0.6) is 5.75 Å². The van der Waals surface area contributed by atoms with Crippen molar-refractivity contribution >= 4 is 29.4 Å². The zero-order valence-electron chi connectivity index (χ0n) is 19.1. The van der Waals surface area contributed by atoms with Crippen molar-refractivity contribution in [2.75, 3.05) is 19.0 Å². The molecular weight excluding hydrogens is 450 g/mol. The predicted molar refractivity (Wildman–Crippen MR) is 129 cm³/mol. The van der Waals surface area contributed by atoms with Crippen LogP contribution in [0, 0.1) is 0 Å². The summed E-state index contributed by atoms with van der Waals surface area (Å²) >= 11 is 0. The Balaban J connectivity index is 1.48. The van der Waals surface area contributed by atoms with E-state index < -0.39 is 24.4 Å². The van der Waals surface area contributed by atoms with Crippen molar-refractivity contribution in [2.45, 2.75) is 12.8 Å². The molecule has 0 unspecified atom stereocenters. The fourth-order valence-corrected chi connectivity index (χ4v) is 3.07. The molecule has 35 heavy (non-hydrogen) atoms. The van der Waals surface area contributed by atoms with E-state index >= 15 is 0 Å². The fourth-order valence-electron chi connectivity index (χ4n) is 3.07. The second kappa shape index (κ2) is 12.5. The highest BCUT2D eigenvalue weighted by atomic mass is 16.5. The first kappa shape index (κ1) is 25.0. The van der Waals surface area contributed by atoms with E-state index in [1.165, 1.54) is 6.07 Å². The first-order valence-corrected chi connectivity index (χ1v) is 10.8. The number of carbonyl (C=O) groups is 4. The average Bonchev–Trinajstić information content (AvgIpc) is 2.90. The lowest BCUT2D eigenvalue weighted by atomic mass is 10.1. The minimum absolute atomic E-state index is 0.103. The maximum atomic E-state index is 12.5. The van der Waals surface area contributed by atoms with Crippen molar-refractivity contribution in [3.63, 3.8) is 0 Å². The Kier molecular flexibility index (Phi) is 8.95. The van der Waals surface area contributed by atoms with Gasteiger partial charge in [-0.3, -0.25) is 25.2 Å². The molecule has 0 spiro atoms. The van der Waals surface area contributed by atoms with Gasteiger partial charge in [0.15, 0.2) is 6.61 Å². The molecule has 3 amide bonds. The van der Waals surface area contributed by atoms with Gasteiger partial charge < -0.3 is 14.8 Å². The van der Waals surface area contributed by atoms with Gasteiger partial charge in [-0.25, -0.2) is 4.79 Å². The van der Waals surface area contributed by atoms with Crippen LogP contribution in [0.4, 0.5) is 5.69 Å². The summed E-state index contributed by atoms with van der Waals surface area (Å²) in [6.07, 6.45) is 0.719. The molecule has 0 bridgehead atoms. The van der Waals surface area contributed by atoms with Gasteiger partial charge >= 0.3 is 5.97 Å². The molecule has 9 heteroatoms. The third kappa shape index (κ3) is 7.71. The van der Waals surface area contributed by atoms with E-state index in [2.05, 4.69) is 16.2 Å². The lowest BCUT2D eigenvalue weighted by molar-refractivity contribution is -0.125. The topological polar surface area (TPSA) is 123 Å². The summed E-state index contributed by atoms with van der Waals surface area (Å²) in [7, 11) is 1.58. The number of ether oxygens (including phenoxy) is 2. The molecule has 0 aliphatic carbocycles. The van der Waals surface area contributed by atoms with E-state index in [-0.39, 0.29) is 23.6 Å². The van der Waals surface area contributed by atoms with E-state index in [1.54, 1.807) is 55.6 Å². The van der Waals surface area contributed by atoms with Gasteiger partial charge in [0.25, 0.3) is 11.8 Å². The van der Waals surface area contributed by atoms with Crippen LogP contribution in [0.25, 0.3) is 0 Å². The summed E-state index contributed by atoms with van der Waals surface area (Å²) in [5.74, 6) is -1.56. The number of carbonyl (C=O) groups excluding carboxylic acids is 4. The van der Waals surface area contributed by atoms with Gasteiger partial charge in [0, 0.05) is 12.0 Å². The summed E-state index contributed by atoms with van der Waals surface area (Å²) < 4.78 is 10.2. The summed E-state index contributed by atoms with van der Waals surface area (Å²) in [6, 6.07) is 22.0. The van der Waals surface area contributed by atoms with Gasteiger partial charge in [0.1, 0.15) is 5.75 Å². The Morgan fingerprint density at radius 1 is 0.771 bits per heavy atom. The number of hydrogen-bond acceptors (Lipinski definition) is 6. The van der Waals surface area contributed by atoms with Gasteiger partial charge in [-0.2, -0.15) is 0 Å². The summed E-state index contributed by atoms with van der Waals surface area (Å²) in [4.78, 5) is 48.8. The van der Waals surface area contributed by atoms with Crippen molar-refractivity contribution in [3.8, 4) is 5.75 Å². The molecule has 0 aliphatic rings. The average molecular weight is 476 g/mol. The Bertz CT molecular complexity index is 1180. The Hall–Kier alpha value is -4.66. The van der Waals surface area contributed by atoms with Crippen LogP contribution in [0.2, 0.25) is 0 Å². The molecule has 180 valence electrons. The molecule has 0 aliphatic heterocycles. The number of rotatable bonds is 9. The third-order valence-corrected chi connectivity index (χ3v) is 4.91. The zero-order chi connectivity index (χ0) is 25.0. The molecule has 0 fully saturated rings. The Morgan fingerprint density at radius 3 is 2.17 bits per heavy atom. The van der Waals surface area contributed by atoms with Crippen LogP contribution in [0.15, 0.2) is 78.9 Å². The molecule has 3 aromatic rings. The summed E-state index contributed by atoms with van der Waals surface area (Å²) in [5, 5.41) is 2.71. The number of hydrogen-bond donors (Lipinski definition) is 3. The van der Waals surface area contributed by atoms with Crippen LogP contribution in [0.3, 0.4) is 0 Å². The molecule has 0 atom stereocenters. The standard InChI is InChI=1S/C26H25N3O6/c1-34-20-14-11-18(12-15-20)13-16-23(30)27-22-10-6-5-9-21(22)26(33)35-17-24(31)28-29-25(32)19-7-3-2-4-8-19/h2-12,14-15H,13,16-17H2,1H3,(H,27,30)(H,28,31)(H,29,32). The number of amides is 3. The van der Waals surface area contributed by atoms with Crippen LogP contribution in [-0.2, 0) is 20.7 Å². The highest BCUT2D eigenvalue weighted by Crippen LogP contribution is 2.17. The van der Waals surface area contributed by atoms with E-state index in [1.807, 2.05) is 24.3 Å². The molecule has 0 heterocycles. The second-order valence-corrected chi connectivity index (χ2v) is 7.39. The first-order chi connectivity index (χ1) is 17.0. The van der Waals surface area contributed by atoms with Crippen LogP contribution in [-0.4, -0.2) is 37.4 Å².